The minimum atomic E-state index is 0.179. The summed E-state index contributed by atoms with van der Waals surface area (Å²) in [6.45, 7) is 17.0. The van der Waals surface area contributed by atoms with Crippen molar-refractivity contribution in [3.63, 3.8) is 0 Å². The Hall–Kier alpha value is -0.280. The van der Waals surface area contributed by atoms with Crippen LogP contribution in [0.2, 0.25) is 0 Å². The first-order chi connectivity index (χ1) is 27.3. The summed E-state index contributed by atoms with van der Waals surface area (Å²) in [6, 6.07) is 0. The Morgan fingerprint density at radius 1 is 0.607 bits per heavy atom. The molecule has 0 amide bonds. The highest BCUT2D eigenvalue weighted by Gasteiger charge is 2.66. The van der Waals surface area contributed by atoms with Gasteiger partial charge in [0.05, 0.1) is 18.3 Å². The Morgan fingerprint density at radius 3 is 1.80 bits per heavy atom. The number of nitrogens with one attached hydrogen (secondary N) is 1. The maximum Gasteiger partial charge on any atom is 0.0637 e. The first-order valence-electron chi connectivity index (χ1n) is 25.0. The van der Waals surface area contributed by atoms with E-state index in [2.05, 4.69) is 33.0 Å². The summed E-state index contributed by atoms with van der Waals surface area (Å²) < 4.78 is 20.5. The van der Waals surface area contributed by atoms with E-state index >= 15 is 0 Å². The minimum Gasteiger partial charge on any atom is -0.378 e. The monoisotopic (exact) mass is 789 g/mol. The molecular weight excluding hydrogens is 693 g/mol. The van der Waals surface area contributed by atoms with E-state index in [4.69, 9.17) is 31.4 Å². The second-order valence-corrected chi connectivity index (χ2v) is 19.9. The molecule has 7 N–H and O–H groups in total. The van der Waals surface area contributed by atoms with Crippen LogP contribution >= 0.6 is 0 Å². The molecule has 56 heavy (non-hydrogen) atoms. The largest absolute Gasteiger partial charge is 0.378 e. The highest BCUT2D eigenvalue weighted by atomic mass is 16.5. The van der Waals surface area contributed by atoms with E-state index in [1.807, 2.05) is 0 Å². The number of ether oxygens (including phenoxy) is 3. The average molecular weight is 789 g/mol. The van der Waals surface area contributed by atoms with Gasteiger partial charge >= 0.3 is 0 Å². The number of hydrogen-bond donors (Lipinski definition) is 4. The van der Waals surface area contributed by atoms with Crippen molar-refractivity contribution < 1.29 is 14.2 Å². The molecule has 7 nitrogen and oxygen atoms in total. The number of rotatable bonds is 32. The normalized spacial score (nSPS) is 33.3. The third-order valence-electron chi connectivity index (χ3n) is 16.2. The van der Waals surface area contributed by atoms with Crippen LogP contribution in [-0.2, 0) is 14.2 Å². The second kappa shape index (κ2) is 26.8. The van der Waals surface area contributed by atoms with Gasteiger partial charge in [0.15, 0.2) is 0 Å². The molecule has 0 aliphatic heterocycles. The SMILES string of the molecule is CCCCCCCCCCCCCCCCNCCCC(C)C1CC[C@H]2[C@@H]3[C@H](OCCCN)C[C@@H]4C[C@H](OCCCN)CC[C@]4(C)[C@H]3C[C@H](OCCCN)[C@]12C. The van der Waals surface area contributed by atoms with Crippen molar-refractivity contribution in [1.29, 1.82) is 0 Å². The summed E-state index contributed by atoms with van der Waals surface area (Å²) in [7, 11) is 0. The van der Waals surface area contributed by atoms with Gasteiger partial charge in [0.1, 0.15) is 0 Å². The van der Waals surface area contributed by atoms with Crippen molar-refractivity contribution in [2.45, 2.75) is 213 Å². The lowest BCUT2D eigenvalue weighted by molar-refractivity contribution is -0.227. The molecule has 0 bridgehead atoms. The zero-order valence-electron chi connectivity index (χ0n) is 37.7. The van der Waals surface area contributed by atoms with Crippen LogP contribution in [0.5, 0.6) is 0 Å². The van der Waals surface area contributed by atoms with Crippen LogP contribution in [0.25, 0.3) is 0 Å². The number of fused-ring (bicyclic) bond motifs is 5. The highest BCUT2D eigenvalue weighted by Crippen LogP contribution is 2.69. The Balaban J connectivity index is 1.26. The van der Waals surface area contributed by atoms with Gasteiger partial charge in [-0.2, -0.15) is 0 Å². The van der Waals surface area contributed by atoms with Crippen molar-refractivity contribution in [2.24, 2.45) is 63.5 Å². The number of nitrogens with two attached hydrogens (primary N) is 3. The Morgan fingerprint density at radius 2 is 1.18 bits per heavy atom. The van der Waals surface area contributed by atoms with Crippen molar-refractivity contribution in [3.05, 3.63) is 0 Å². The van der Waals surface area contributed by atoms with Gasteiger partial charge in [-0.15, -0.1) is 0 Å². The first-order valence-corrected chi connectivity index (χ1v) is 25.0. The molecule has 4 aliphatic rings. The van der Waals surface area contributed by atoms with Crippen LogP contribution < -0.4 is 22.5 Å². The van der Waals surface area contributed by atoms with E-state index in [0.717, 1.165) is 52.0 Å². The van der Waals surface area contributed by atoms with Gasteiger partial charge < -0.3 is 36.7 Å². The lowest BCUT2D eigenvalue weighted by Crippen LogP contribution is -2.63. The molecule has 4 saturated carbocycles. The topological polar surface area (TPSA) is 118 Å². The van der Waals surface area contributed by atoms with Crippen LogP contribution in [0, 0.1) is 46.3 Å². The minimum absolute atomic E-state index is 0.179. The Labute approximate surface area is 347 Å². The summed E-state index contributed by atoms with van der Waals surface area (Å²) in [4.78, 5) is 0. The van der Waals surface area contributed by atoms with Crippen molar-refractivity contribution in [3.8, 4) is 0 Å². The zero-order chi connectivity index (χ0) is 40.1. The van der Waals surface area contributed by atoms with Crippen molar-refractivity contribution in [2.75, 3.05) is 52.5 Å². The van der Waals surface area contributed by atoms with E-state index in [9.17, 15) is 0 Å². The van der Waals surface area contributed by atoms with Gasteiger partial charge in [-0.1, -0.05) is 111 Å². The summed E-state index contributed by atoms with van der Waals surface area (Å²) in [6.07, 6.45) is 35.0. The molecule has 7 heteroatoms. The molecule has 4 rings (SSSR count). The third-order valence-corrected chi connectivity index (χ3v) is 16.2. The van der Waals surface area contributed by atoms with E-state index in [1.165, 1.54) is 148 Å². The summed E-state index contributed by atoms with van der Waals surface area (Å²) in [5, 5.41) is 3.82. The first kappa shape index (κ1) is 48.4. The maximum absolute atomic E-state index is 7.07. The number of hydrogen-bond acceptors (Lipinski definition) is 7. The predicted octanol–water partition coefficient (Wildman–Crippen LogP) is 10.6. The molecule has 4 aliphatic carbocycles. The zero-order valence-corrected chi connectivity index (χ0v) is 37.7. The Kier molecular flexibility index (Phi) is 23.2. The second-order valence-electron chi connectivity index (χ2n) is 19.9. The molecule has 0 heterocycles. The lowest BCUT2D eigenvalue weighted by atomic mass is 9.43. The quantitative estimate of drug-likeness (QED) is 0.0501. The molecule has 0 spiro atoms. The molecule has 330 valence electrons. The number of unbranched alkanes of at least 4 members (excludes halogenated alkanes) is 13. The highest BCUT2D eigenvalue weighted by molar-refractivity contribution is 5.15. The molecule has 0 aromatic heterocycles. The fourth-order valence-electron chi connectivity index (χ4n) is 12.9. The maximum atomic E-state index is 7.07. The van der Waals surface area contributed by atoms with Gasteiger partial charge in [0.2, 0.25) is 0 Å². The standard InChI is InChI=1S/C49H96N4O3/c1-5-6-7-8-9-10-11-12-13-14-15-16-17-18-31-53-32-19-23-39(2)42-24-25-43-47-44(38-46(49(42,43)4)56-35-22-30-52)48(3)27-26-41(54-33-20-28-50)36-40(48)37-45(47)55-34-21-29-51/h39-47,53H,5-38,50-52H2,1-4H3/t39?,40-,41+,42?,43-,44-,45+,46-,47-,48-,49+/m0/s1. The molecule has 4 fully saturated rings. The van der Waals surface area contributed by atoms with Gasteiger partial charge in [-0.3, -0.25) is 0 Å². The fourth-order valence-corrected chi connectivity index (χ4v) is 12.9. The van der Waals surface area contributed by atoms with E-state index in [-0.39, 0.29) is 5.41 Å². The molecule has 0 aromatic carbocycles. The summed E-state index contributed by atoms with van der Waals surface area (Å²) in [5.41, 5.74) is 18.3. The van der Waals surface area contributed by atoms with Gasteiger partial charge in [-0.05, 0) is 157 Å². The van der Waals surface area contributed by atoms with Crippen LogP contribution in [0.4, 0.5) is 0 Å². The third kappa shape index (κ3) is 13.9. The summed E-state index contributed by atoms with van der Waals surface area (Å²) in [5.74, 6) is 3.91. The predicted molar refractivity (Wildman–Crippen MR) is 238 cm³/mol. The molecular formula is C49H96N4O3. The van der Waals surface area contributed by atoms with Crippen molar-refractivity contribution in [1.82, 2.24) is 5.32 Å². The van der Waals surface area contributed by atoms with E-state index < -0.39 is 0 Å². The van der Waals surface area contributed by atoms with Gasteiger partial charge in [0, 0.05) is 25.2 Å². The van der Waals surface area contributed by atoms with Gasteiger partial charge in [-0.25, -0.2) is 0 Å². The van der Waals surface area contributed by atoms with E-state index in [0.29, 0.717) is 78.9 Å². The fraction of sp³-hybridized carbons (Fsp3) is 1.00. The molecule has 0 radical (unpaired) electrons. The molecule has 11 atom stereocenters. The van der Waals surface area contributed by atoms with Gasteiger partial charge in [0.25, 0.3) is 0 Å². The van der Waals surface area contributed by atoms with Crippen LogP contribution in [0.1, 0.15) is 195 Å². The Bertz CT molecular complexity index is 1000. The molecule has 0 saturated heterocycles. The lowest BCUT2D eigenvalue weighted by Gasteiger charge is -2.65. The molecule has 2 unspecified atom stereocenters. The molecule has 0 aromatic rings. The van der Waals surface area contributed by atoms with Crippen LogP contribution in [-0.4, -0.2) is 70.9 Å². The van der Waals surface area contributed by atoms with Crippen LogP contribution in [0.3, 0.4) is 0 Å². The van der Waals surface area contributed by atoms with Crippen molar-refractivity contribution >= 4 is 0 Å². The summed E-state index contributed by atoms with van der Waals surface area (Å²) >= 11 is 0. The van der Waals surface area contributed by atoms with E-state index in [1.54, 1.807) is 0 Å². The van der Waals surface area contributed by atoms with Crippen LogP contribution in [0.15, 0.2) is 0 Å². The smallest absolute Gasteiger partial charge is 0.0637 e. The average Bonchev–Trinajstić information content (AvgIpc) is 3.56.